The molecule has 0 unspecified atom stereocenters. The molecular weight excluding hydrogens is 408 g/mol. The van der Waals surface area contributed by atoms with Crippen molar-refractivity contribution in [3.8, 4) is 6.07 Å². The number of rotatable bonds is 6. The van der Waals surface area contributed by atoms with Gasteiger partial charge in [-0.2, -0.15) is 5.26 Å². The van der Waals surface area contributed by atoms with Gasteiger partial charge in [0.05, 0.1) is 11.6 Å². The topological polar surface area (TPSA) is 132 Å². The number of hydrogen-bond acceptors (Lipinski definition) is 4. The fourth-order valence-electron chi connectivity index (χ4n) is 3.25. The number of carboxylic acids is 2. The summed E-state index contributed by atoms with van der Waals surface area (Å²) >= 11 is 0. The van der Waals surface area contributed by atoms with Gasteiger partial charge in [-0.15, -0.1) is 0 Å². The smallest absolute Gasteiger partial charge is 0.328 e. The molecular formula is C24H20N4O4. The quantitative estimate of drug-likeness (QED) is 0.402. The van der Waals surface area contributed by atoms with E-state index in [4.69, 9.17) is 15.5 Å². The Morgan fingerprint density at radius 1 is 1.09 bits per heavy atom. The van der Waals surface area contributed by atoms with Crippen LogP contribution in [-0.2, 0) is 22.6 Å². The highest BCUT2D eigenvalue weighted by Crippen LogP contribution is 2.24. The van der Waals surface area contributed by atoms with Gasteiger partial charge in [0, 0.05) is 54.6 Å². The van der Waals surface area contributed by atoms with Gasteiger partial charge in [-0.25, -0.2) is 14.6 Å². The van der Waals surface area contributed by atoms with E-state index in [0.717, 1.165) is 24.4 Å². The molecule has 0 amide bonds. The molecule has 0 atom stereocenters. The van der Waals surface area contributed by atoms with Crippen LogP contribution in [0.25, 0.3) is 10.9 Å². The zero-order chi connectivity index (χ0) is 22.9. The molecule has 0 spiro atoms. The summed E-state index contributed by atoms with van der Waals surface area (Å²) in [5.41, 5.74) is 4.26. The van der Waals surface area contributed by atoms with Gasteiger partial charge in [0.25, 0.3) is 0 Å². The molecule has 32 heavy (non-hydrogen) atoms. The lowest BCUT2D eigenvalue weighted by Crippen LogP contribution is -1.98. The van der Waals surface area contributed by atoms with E-state index in [0.29, 0.717) is 17.7 Å². The average molecular weight is 428 g/mol. The number of hydrogen-bond donors (Lipinski definition) is 3. The van der Waals surface area contributed by atoms with Crippen LogP contribution in [0.3, 0.4) is 0 Å². The second-order valence-corrected chi connectivity index (χ2v) is 6.83. The molecule has 0 aliphatic carbocycles. The molecule has 3 N–H and O–H groups in total. The molecule has 2 heterocycles. The zero-order valence-corrected chi connectivity index (χ0v) is 17.0. The van der Waals surface area contributed by atoms with Gasteiger partial charge in [-0.05, 0) is 29.3 Å². The lowest BCUT2D eigenvalue weighted by Gasteiger charge is -2.05. The third-order valence-electron chi connectivity index (χ3n) is 4.56. The van der Waals surface area contributed by atoms with E-state index in [1.54, 1.807) is 6.20 Å². The lowest BCUT2D eigenvalue weighted by atomic mass is 10.1. The molecule has 0 saturated carbocycles. The lowest BCUT2D eigenvalue weighted by molar-refractivity contribution is -0.134. The Hall–Kier alpha value is -4.64. The van der Waals surface area contributed by atoms with Crippen LogP contribution in [0, 0.1) is 11.3 Å². The Kier molecular flexibility index (Phi) is 7.17. The Morgan fingerprint density at radius 2 is 1.84 bits per heavy atom. The molecule has 8 heteroatoms. The highest BCUT2D eigenvalue weighted by atomic mass is 16.4. The molecule has 0 saturated heterocycles. The molecule has 160 valence electrons. The summed E-state index contributed by atoms with van der Waals surface area (Å²) in [4.78, 5) is 26.6. The second-order valence-electron chi connectivity index (χ2n) is 6.83. The van der Waals surface area contributed by atoms with Crippen molar-refractivity contribution in [2.75, 3.05) is 0 Å². The molecule has 0 aliphatic heterocycles. The number of nitriles is 1. The minimum atomic E-state index is -1.26. The monoisotopic (exact) mass is 428 g/mol. The van der Waals surface area contributed by atoms with Crippen LogP contribution in [0.4, 0.5) is 0 Å². The van der Waals surface area contributed by atoms with Crippen LogP contribution in [0.1, 0.15) is 22.5 Å². The first-order valence-corrected chi connectivity index (χ1v) is 9.64. The van der Waals surface area contributed by atoms with Crippen molar-refractivity contribution in [3.63, 3.8) is 0 Å². The van der Waals surface area contributed by atoms with E-state index < -0.39 is 11.9 Å². The molecule has 2 aromatic carbocycles. The van der Waals surface area contributed by atoms with Gasteiger partial charge in [0.2, 0.25) is 0 Å². The Morgan fingerprint density at radius 3 is 2.50 bits per heavy atom. The maximum Gasteiger partial charge on any atom is 0.328 e. The van der Waals surface area contributed by atoms with E-state index in [9.17, 15) is 9.59 Å². The van der Waals surface area contributed by atoms with Crippen molar-refractivity contribution in [2.45, 2.75) is 13.0 Å². The summed E-state index contributed by atoms with van der Waals surface area (Å²) in [6.45, 7) is 0.744. The summed E-state index contributed by atoms with van der Waals surface area (Å²) in [6.07, 6.45) is 7.71. The SMILES string of the molecule is N#Cc1cccc(Cn2cc(Cc3ncc[nH]3)c3ccccc32)c1.O=C(O)C=CC(=O)O. The number of fused-ring (bicyclic) bond motifs is 1. The number of benzene rings is 2. The van der Waals surface area contributed by atoms with Crippen molar-refractivity contribution < 1.29 is 19.8 Å². The highest BCUT2D eigenvalue weighted by molar-refractivity contribution is 5.89. The minimum Gasteiger partial charge on any atom is -0.478 e. The third kappa shape index (κ3) is 5.93. The van der Waals surface area contributed by atoms with Crippen molar-refractivity contribution in [1.82, 2.24) is 14.5 Å². The molecule has 4 aromatic rings. The maximum absolute atomic E-state index is 9.55. The summed E-state index contributed by atoms with van der Waals surface area (Å²) in [5.74, 6) is -1.55. The third-order valence-corrected chi connectivity index (χ3v) is 4.56. The number of aromatic amines is 1. The summed E-state index contributed by atoms with van der Waals surface area (Å²) < 4.78 is 2.24. The molecule has 0 bridgehead atoms. The van der Waals surface area contributed by atoms with Crippen LogP contribution < -0.4 is 0 Å². The molecule has 0 fully saturated rings. The summed E-state index contributed by atoms with van der Waals surface area (Å²) in [5, 5.41) is 25.9. The van der Waals surface area contributed by atoms with Gasteiger partial charge < -0.3 is 19.8 Å². The molecule has 8 nitrogen and oxygen atoms in total. The molecule has 2 aromatic heterocycles. The molecule has 0 radical (unpaired) electrons. The number of nitrogens with one attached hydrogen (secondary N) is 1. The van der Waals surface area contributed by atoms with E-state index in [2.05, 4.69) is 57.1 Å². The van der Waals surface area contributed by atoms with Crippen molar-refractivity contribution in [2.24, 2.45) is 0 Å². The highest BCUT2D eigenvalue weighted by Gasteiger charge is 2.10. The number of H-pyrrole nitrogens is 1. The predicted octanol–water partition coefficient (Wildman–Crippen LogP) is 3.59. The normalized spacial score (nSPS) is 10.5. The first-order chi connectivity index (χ1) is 15.5. The number of nitrogens with zero attached hydrogens (tertiary/aromatic N) is 3. The number of aliphatic carboxylic acids is 2. The van der Waals surface area contributed by atoms with Crippen LogP contribution >= 0.6 is 0 Å². The van der Waals surface area contributed by atoms with Crippen molar-refractivity contribution in [1.29, 1.82) is 5.26 Å². The number of para-hydroxylation sites is 1. The Balaban J connectivity index is 0.000000312. The minimum absolute atomic E-state index is 0.558. The van der Waals surface area contributed by atoms with Crippen LogP contribution in [0.5, 0.6) is 0 Å². The van der Waals surface area contributed by atoms with Gasteiger partial charge in [-0.3, -0.25) is 0 Å². The van der Waals surface area contributed by atoms with Crippen LogP contribution in [-0.4, -0.2) is 36.7 Å². The first kappa shape index (κ1) is 22.1. The van der Waals surface area contributed by atoms with Crippen LogP contribution in [0.15, 0.2) is 79.3 Å². The zero-order valence-electron chi connectivity index (χ0n) is 17.0. The Bertz CT molecular complexity index is 1280. The number of carboxylic acid groups (broad SMARTS) is 2. The van der Waals surface area contributed by atoms with E-state index in [1.165, 1.54) is 16.5 Å². The van der Waals surface area contributed by atoms with Gasteiger partial charge in [-0.1, -0.05) is 30.3 Å². The van der Waals surface area contributed by atoms with Crippen molar-refractivity contribution >= 4 is 22.8 Å². The largest absolute Gasteiger partial charge is 0.478 e. The molecule has 4 rings (SSSR count). The van der Waals surface area contributed by atoms with Gasteiger partial charge in [0.1, 0.15) is 5.82 Å². The van der Waals surface area contributed by atoms with E-state index >= 15 is 0 Å². The van der Waals surface area contributed by atoms with Gasteiger partial charge in [0.15, 0.2) is 0 Å². The first-order valence-electron chi connectivity index (χ1n) is 9.64. The molecule has 0 aliphatic rings. The summed E-state index contributed by atoms with van der Waals surface area (Å²) in [6, 6.07) is 18.4. The van der Waals surface area contributed by atoms with Gasteiger partial charge >= 0.3 is 11.9 Å². The predicted molar refractivity (Wildman–Crippen MR) is 118 cm³/mol. The number of carbonyl (C=O) groups is 2. The maximum atomic E-state index is 9.55. The van der Waals surface area contributed by atoms with E-state index in [1.807, 2.05) is 24.4 Å². The number of imidazole rings is 1. The average Bonchev–Trinajstić information content (AvgIpc) is 3.42. The van der Waals surface area contributed by atoms with Crippen LogP contribution in [0.2, 0.25) is 0 Å². The van der Waals surface area contributed by atoms with Crippen molar-refractivity contribution in [3.05, 3.63) is 102 Å². The number of aromatic nitrogens is 3. The fraction of sp³-hybridized carbons (Fsp3) is 0.0833. The standard InChI is InChI=1S/C20H16N4.C4H4O4/c21-12-15-4-3-5-16(10-15)13-24-14-17(11-20-22-8-9-23-20)18-6-1-2-7-19(18)24;5-3(6)1-2-4(7)8/h1-10,14H,11,13H2,(H,22,23);1-2H,(H,5,6)(H,7,8). The fourth-order valence-corrected chi connectivity index (χ4v) is 3.25. The van der Waals surface area contributed by atoms with E-state index in [-0.39, 0.29) is 0 Å². The summed E-state index contributed by atoms with van der Waals surface area (Å²) in [7, 11) is 0. The Labute approximate surface area is 183 Å². The second kappa shape index (κ2) is 10.4.